The fourth-order valence-electron chi connectivity index (χ4n) is 1.53. The zero-order valence-electron chi connectivity index (χ0n) is 10.0. The highest BCUT2D eigenvalue weighted by Gasteiger charge is 2.23. The third kappa shape index (κ3) is 5.80. The van der Waals surface area contributed by atoms with Crippen LogP contribution < -0.4 is 0 Å². The van der Waals surface area contributed by atoms with Crippen molar-refractivity contribution in [2.24, 2.45) is 0 Å². The van der Waals surface area contributed by atoms with Gasteiger partial charge in [-0.25, -0.2) is 0 Å². The highest BCUT2D eigenvalue weighted by atomic mass is 16.6. The van der Waals surface area contributed by atoms with E-state index < -0.39 is 0 Å². The lowest BCUT2D eigenvalue weighted by molar-refractivity contribution is 0.0449. The van der Waals surface area contributed by atoms with E-state index in [0.717, 1.165) is 52.3 Å². The Kier molecular flexibility index (Phi) is 5.03. The predicted molar refractivity (Wildman–Crippen MR) is 59.6 cm³/mol. The van der Waals surface area contributed by atoms with E-state index in [2.05, 4.69) is 6.92 Å². The lowest BCUT2D eigenvalue weighted by Gasteiger charge is -2.11. The predicted octanol–water partition coefficient (Wildman–Crippen LogP) is 1.38. The summed E-state index contributed by atoms with van der Waals surface area (Å²) in [6, 6.07) is 0. The molecule has 2 fully saturated rings. The molecule has 0 aromatic heterocycles. The molecule has 2 rings (SSSR count). The van der Waals surface area contributed by atoms with Crippen LogP contribution in [-0.2, 0) is 18.9 Å². The standard InChI is InChI=1S/C12H22O4/c1-10(14-7-12-9-16-12)4-2-3-5-13-6-11-8-15-11/h10-12H,2-9H2,1H3. The molecule has 2 aliphatic heterocycles. The second-order valence-electron chi connectivity index (χ2n) is 4.63. The summed E-state index contributed by atoms with van der Waals surface area (Å²) in [5.41, 5.74) is 0. The Bertz CT molecular complexity index is 189. The van der Waals surface area contributed by atoms with Gasteiger partial charge >= 0.3 is 0 Å². The summed E-state index contributed by atoms with van der Waals surface area (Å²) >= 11 is 0. The van der Waals surface area contributed by atoms with Crippen LogP contribution in [0.25, 0.3) is 0 Å². The van der Waals surface area contributed by atoms with Crippen LogP contribution in [0.5, 0.6) is 0 Å². The second-order valence-corrected chi connectivity index (χ2v) is 4.63. The molecule has 0 spiro atoms. The van der Waals surface area contributed by atoms with Gasteiger partial charge in [-0.3, -0.25) is 0 Å². The first-order valence-electron chi connectivity index (χ1n) is 6.27. The van der Waals surface area contributed by atoms with Crippen molar-refractivity contribution in [2.45, 2.75) is 44.5 Å². The van der Waals surface area contributed by atoms with E-state index in [1.165, 1.54) is 0 Å². The summed E-state index contributed by atoms with van der Waals surface area (Å²) in [6.45, 7) is 6.26. The molecule has 0 aromatic rings. The molecule has 0 aliphatic carbocycles. The number of hydrogen-bond donors (Lipinski definition) is 0. The first-order valence-corrected chi connectivity index (χ1v) is 6.27. The molecule has 16 heavy (non-hydrogen) atoms. The Hall–Kier alpha value is -0.160. The van der Waals surface area contributed by atoms with Crippen molar-refractivity contribution in [1.29, 1.82) is 0 Å². The molecule has 0 bridgehead atoms. The minimum atomic E-state index is 0.343. The minimum absolute atomic E-state index is 0.343. The molecule has 0 saturated carbocycles. The SMILES string of the molecule is CC(CCCCOCC1CO1)OCC1CO1. The zero-order valence-corrected chi connectivity index (χ0v) is 10.0. The average molecular weight is 230 g/mol. The third-order valence-electron chi connectivity index (χ3n) is 2.82. The quantitative estimate of drug-likeness (QED) is 0.420. The van der Waals surface area contributed by atoms with Gasteiger partial charge in [-0.15, -0.1) is 0 Å². The van der Waals surface area contributed by atoms with E-state index in [0.29, 0.717) is 18.3 Å². The second kappa shape index (κ2) is 6.55. The molecule has 2 saturated heterocycles. The normalized spacial score (nSPS) is 29.1. The van der Waals surface area contributed by atoms with Gasteiger partial charge in [0, 0.05) is 6.61 Å². The maximum Gasteiger partial charge on any atom is 0.104 e. The molecule has 2 heterocycles. The monoisotopic (exact) mass is 230 g/mol. The molecule has 4 nitrogen and oxygen atoms in total. The summed E-state index contributed by atoms with van der Waals surface area (Å²) in [4.78, 5) is 0. The summed E-state index contributed by atoms with van der Waals surface area (Å²) in [5.74, 6) is 0. The fourth-order valence-corrected chi connectivity index (χ4v) is 1.53. The van der Waals surface area contributed by atoms with E-state index in [1.807, 2.05) is 0 Å². The molecule has 3 atom stereocenters. The molecular weight excluding hydrogens is 208 g/mol. The van der Waals surface area contributed by atoms with Crippen LogP contribution in [0.15, 0.2) is 0 Å². The first-order chi connectivity index (χ1) is 7.84. The van der Waals surface area contributed by atoms with Crippen LogP contribution >= 0.6 is 0 Å². The highest BCUT2D eigenvalue weighted by molar-refractivity contribution is 4.68. The highest BCUT2D eigenvalue weighted by Crippen LogP contribution is 2.12. The lowest BCUT2D eigenvalue weighted by atomic mass is 10.2. The molecule has 0 N–H and O–H groups in total. The van der Waals surface area contributed by atoms with Gasteiger partial charge in [-0.2, -0.15) is 0 Å². The lowest BCUT2D eigenvalue weighted by Crippen LogP contribution is -2.12. The maximum atomic E-state index is 5.63. The Morgan fingerprint density at radius 1 is 1.12 bits per heavy atom. The van der Waals surface area contributed by atoms with Gasteiger partial charge in [0.25, 0.3) is 0 Å². The minimum Gasteiger partial charge on any atom is -0.379 e. The molecule has 94 valence electrons. The Balaban J connectivity index is 1.32. The van der Waals surface area contributed by atoms with Crippen molar-refractivity contribution in [3.8, 4) is 0 Å². The molecule has 0 aromatic carbocycles. The van der Waals surface area contributed by atoms with Crippen molar-refractivity contribution in [2.75, 3.05) is 33.0 Å². The summed E-state index contributed by atoms with van der Waals surface area (Å²) in [5, 5.41) is 0. The van der Waals surface area contributed by atoms with E-state index in [9.17, 15) is 0 Å². The largest absolute Gasteiger partial charge is 0.379 e. The molecule has 3 unspecified atom stereocenters. The van der Waals surface area contributed by atoms with Gasteiger partial charge in [0.2, 0.25) is 0 Å². The fraction of sp³-hybridized carbons (Fsp3) is 1.00. The van der Waals surface area contributed by atoms with Crippen LogP contribution in [0.1, 0.15) is 26.2 Å². The number of epoxide rings is 2. The number of hydrogen-bond acceptors (Lipinski definition) is 4. The van der Waals surface area contributed by atoms with Crippen molar-refractivity contribution >= 4 is 0 Å². The average Bonchev–Trinajstić information content (AvgIpc) is 3.15. The number of unbranched alkanes of at least 4 members (excludes halogenated alkanes) is 1. The Labute approximate surface area is 97.2 Å². The van der Waals surface area contributed by atoms with Gasteiger partial charge < -0.3 is 18.9 Å². The molecule has 0 radical (unpaired) electrons. The van der Waals surface area contributed by atoms with Crippen LogP contribution in [-0.4, -0.2) is 51.3 Å². The molecular formula is C12H22O4. The Morgan fingerprint density at radius 3 is 2.50 bits per heavy atom. The van der Waals surface area contributed by atoms with Crippen molar-refractivity contribution in [3.63, 3.8) is 0 Å². The molecule has 4 heteroatoms. The summed E-state index contributed by atoms with van der Waals surface area (Å²) in [7, 11) is 0. The zero-order chi connectivity index (χ0) is 11.2. The smallest absolute Gasteiger partial charge is 0.104 e. The van der Waals surface area contributed by atoms with E-state index in [1.54, 1.807) is 0 Å². The van der Waals surface area contributed by atoms with E-state index in [-0.39, 0.29) is 0 Å². The molecule has 2 aliphatic rings. The number of rotatable bonds is 10. The van der Waals surface area contributed by atoms with Crippen molar-refractivity contribution < 1.29 is 18.9 Å². The van der Waals surface area contributed by atoms with Gasteiger partial charge in [-0.1, -0.05) is 0 Å². The Morgan fingerprint density at radius 2 is 1.81 bits per heavy atom. The third-order valence-corrected chi connectivity index (χ3v) is 2.82. The van der Waals surface area contributed by atoms with Gasteiger partial charge in [0.1, 0.15) is 12.2 Å². The summed E-state index contributed by atoms with van der Waals surface area (Å²) in [6.07, 6.45) is 4.50. The van der Waals surface area contributed by atoms with Gasteiger partial charge in [0.05, 0.1) is 32.5 Å². The van der Waals surface area contributed by atoms with Gasteiger partial charge in [-0.05, 0) is 26.2 Å². The van der Waals surface area contributed by atoms with Crippen molar-refractivity contribution in [3.05, 3.63) is 0 Å². The van der Waals surface area contributed by atoms with E-state index >= 15 is 0 Å². The first kappa shape index (κ1) is 12.3. The van der Waals surface area contributed by atoms with E-state index in [4.69, 9.17) is 18.9 Å². The van der Waals surface area contributed by atoms with Crippen LogP contribution in [0, 0.1) is 0 Å². The van der Waals surface area contributed by atoms with Crippen molar-refractivity contribution in [1.82, 2.24) is 0 Å². The van der Waals surface area contributed by atoms with Crippen LogP contribution in [0.4, 0.5) is 0 Å². The molecule has 0 amide bonds. The maximum absolute atomic E-state index is 5.63. The summed E-state index contributed by atoms with van der Waals surface area (Å²) < 4.78 is 21.2. The van der Waals surface area contributed by atoms with Crippen LogP contribution in [0.3, 0.4) is 0 Å². The topological polar surface area (TPSA) is 43.5 Å². The van der Waals surface area contributed by atoms with Crippen LogP contribution in [0.2, 0.25) is 0 Å². The van der Waals surface area contributed by atoms with Gasteiger partial charge in [0.15, 0.2) is 0 Å². The number of ether oxygens (including phenoxy) is 4.